The number of alkyl halides is 2. The largest absolute Gasteiger partial charge is 0.480 e. The summed E-state index contributed by atoms with van der Waals surface area (Å²) in [6.45, 7) is 0. The summed E-state index contributed by atoms with van der Waals surface area (Å²) in [6, 6.07) is 78.6. The van der Waals surface area contributed by atoms with Gasteiger partial charge >= 0.3 is 11.9 Å². The zero-order chi connectivity index (χ0) is 75.7. The molecular weight excluding hydrogens is 1960 g/mol. The number of allylic oxidation sites excluding steroid dienone is 10. The van der Waals surface area contributed by atoms with Gasteiger partial charge in [-0.2, -0.15) is 0 Å². The summed E-state index contributed by atoms with van der Waals surface area (Å²) in [6.07, 6.45) is 16.0. The first-order valence-corrected chi connectivity index (χ1v) is 41.2. The predicted molar refractivity (Wildman–Crippen MR) is 471 cm³/mol. The van der Waals surface area contributed by atoms with Crippen molar-refractivity contribution in [1.29, 1.82) is 0 Å². The summed E-state index contributed by atoms with van der Waals surface area (Å²) in [4.78, 5) is 56.3. The van der Waals surface area contributed by atoms with Crippen molar-refractivity contribution in [2.75, 3.05) is 0 Å². The fraction of sp³-hybridized carbons (Fsp3) is 0.0444. The smallest absolute Gasteiger partial charge is 0.328 e. The average Bonchev–Trinajstić information content (AvgIpc) is 1.57. The molecule has 8 aromatic carbocycles. The van der Waals surface area contributed by atoms with E-state index in [1.165, 1.54) is 0 Å². The van der Waals surface area contributed by atoms with Gasteiger partial charge in [-0.1, -0.05) is 306 Å². The molecule has 111 heavy (non-hydrogen) atoms. The van der Waals surface area contributed by atoms with Gasteiger partial charge in [0, 0.05) is 70.3 Å². The molecule has 10 heterocycles. The number of H-pyrrole nitrogens is 2. The first kappa shape index (κ1) is 75.8. The van der Waals surface area contributed by atoms with Crippen LogP contribution in [0.15, 0.2) is 372 Å². The topological polar surface area (TPSA) is 180 Å². The van der Waals surface area contributed by atoms with Crippen LogP contribution in [0.4, 0.5) is 0 Å². The number of rotatable bonds is 10. The first-order valence-electron chi connectivity index (χ1n) is 34.8. The molecular formula is C90H56Br8CoN8O4. The second-order valence-electron chi connectivity index (χ2n) is 26.4. The Hall–Kier alpha value is -9.23. The number of nitrogens with one attached hydrogen (secondary N) is 4. The maximum atomic E-state index is 13.7. The van der Waals surface area contributed by atoms with E-state index < -0.39 is 32.7 Å². The molecule has 6 N–H and O–H groups in total. The molecule has 4 unspecified atom stereocenters. The third kappa shape index (κ3) is 13.4. The Labute approximate surface area is 715 Å². The van der Waals surface area contributed by atoms with Crippen molar-refractivity contribution >= 4 is 207 Å². The molecule has 0 amide bonds. The molecule has 0 aliphatic carbocycles. The standard InChI is InChI=1S/2C45H28Br4N4O2.Co/c2*46-37-38(47)40-34(26-15-7-2-8-16-26)30-23-24-32(51-30)36(28-19-11-4-12-20-28)43-45(49,44(54)55)42(48)41(53-43)35(27-17-9-3-10-18-27)31-22-21-29(50-31)33(39(37)52-40)25-13-5-1-6-14-25;/h2*1-24,43,52-53H,(H,54,55);/b2*35-31-,36-32-,39-33-,40-34-;. The predicted octanol–water partition coefficient (Wildman–Crippen LogP) is 19.2. The van der Waals surface area contributed by atoms with Crippen molar-refractivity contribution in [3.8, 4) is 0 Å². The molecule has 10 aromatic rings. The molecule has 18 rings (SSSR count). The van der Waals surface area contributed by atoms with Crippen molar-refractivity contribution < 1.29 is 36.6 Å². The van der Waals surface area contributed by atoms with Crippen LogP contribution in [-0.4, -0.2) is 75.7 Å². The van der Waals surface area contributed by atoms with Crippen LogP contribution in [0.1, 0.15) is 44.5 Å². The van der Waals surface area contributed by atoms with Crippen molar-refractivity contribution in [2.45, 2.75) is 20.7 Å². The summed E-state index contributed by atoms with van der Waals surface area (Å²) in [5.74, 6) is -2.12. The van der Waals surface area contributed by atoms with Crippen LogP contribution in [0.25, 0.3) is 44.6 Å². The van der Waals surface area contributed by atoms with Gasteiger partial charge < -0.3 is 30.8 Å². The van der Waals surface area contributed by atoms with E-state index in [1.54, 1.807) is 0 Å². The van der Waals surface area contributed by atoms with Crippen LogP contribution in [0.5, 0.6) is 0 Å². The summed E-state index contributed by atoms with van der Waals surface area (Å²) in [7, 11) is 0. The summed E-state index contributed by atoms with van der Waals surface area (Å²) in [5.41, 5.74) is 20.5. The van der Waals surface area contributed by atoms with Gasteiger partial charge in [-0.05, 0) is 157 Å². The third-order valence-electron chi connectivity index (χ3n) is 20.1. The van der Waals surface area contributed by atoms with Crippen LogP contribution >= 0.6 is 127 Å². The Balaban J connectivity index is 0.000000167. The zero-order valence-corrected chi connectivity index (χ0v) is 71.5. The van der Waals surface area contributed by atoms with Gasteiger partial charge in [0.1, 0.15) is 0 Å². The number of aliphatic carboxylic acids is 2. The molecule has 0 saturated heterocycles. The Kier molecular flexibility index (Phi) is 21.4. The number of carboxylic acids is 2. The fourth-order valence-corrected chi connectivity index (χ4v) is 19.6. The molecule has 0 fully saturated rings. The van der Waals surface area contributed by atoms with Gasteiger partial charge in [0.2, 0.25) is 0 Å². The monoisotopic (exact) mass is 2000 g/mol. The van der Waals surface area contributed by atoms with E-state index in [1.807, 2.05) is 243 Å². The number of nitrogens with zero attached hydrogens (tertiary/aromatic N) is 4. The third-order valence-corrected chi connectivity index (χ3v) is 29.8. The second-order valence-corrected chi connectivity index (χ2v) is 33.7. The molecule has 4 atom stereocenters. The van der Waals surface area contributed by atoms with Gasteiger partial charge in [-0.25, -0.2) is 20.0 Å². The molecule has 8 aliphatic rings. The minimum Gasteiger partial charge on any atom is -0.480 e. The van der Waals surface area contributed by atoms with E-state index in [-0.39, 0.29) is 16.8 Å². The summed E-state index contributed by atoms with van der Waals surface area (Å²) in [5, 5.41) is 33.1. The van der Waals surface area contributed by atoms with E-state index in [9.17, 15) is 19.8 Å². The minimum atomic E-state index is -1.62. The molecule has 8 aliphatic heterocycles. The van der Waals surface area contributed by atoms with Gasteiger partial charge in [-0.3, -0.25) is 9.59 Å². The Morgan fingerprint density at radius 3 is 0.739 bits per heavy atom. The van der Waals surface area contributed by atoms with Crippen molar-refractivity contribution in [3.63, 3.8) is 0 Å². The average molecular weight is 2010 g/mol. The Morgan fingerprint density at radius 2 is 0.505 bits per heavy atom. The fourth-order valence-electron chi connectivity index (χ4n) is 15.1. The molecule has 545 valence electrons. The molecule has 0 spiro atoms. The number of aromatic nitrogens is 2. The molecule has 16 bridgehead atoms. The number of aliphatic imine (C=N–C) groups is 4. The Bertz CT molecular complexity index is 5960. The van der Waals surface area contributed by atoms with Gasteiger partial charge in [0.05, 0.1) is 108 Å². The van der Waals surface area contributed by atoms with E-state index in [4.69, 9.17) is 20.0 Å². The molecule has 2 aromatic heterocycles. The SMILES string of the molecule is O=C(O)C1(Br)C(Br)=C2NC1/C(c1ccccc1)=C1/C=CC(=N1)/C(c1ccccc1)=c1\[nH]/c(c(Br)c1Br)=C(/c1ccccc1)C1=N/C(=C\2c2ccccc2)C=C1.O=C(O)C1(Br)C(Br)=C2NC1/C(c1ccccc1)=C1/C=CC(=N1)/C(c1ccccc1)=c1\[nH]/c(c(Br)c1Br)=C(/c1ccccc1)C1=N/C(=C\2c2ccccc2)C=C1.[Co]. The number of aromatic amines is 2. The molecule has 1 radical (unpaired) electrons. The van der Waals surface area contributed by atoms with E-state index in [2.05, 4.69) is 197 Å². The second kappa shape index (κ2) is 31.4. The van der Waals surface area contributed by atoms with Crippen LogP contribution in [0.2, 0.25) is 0 Å². The van der Waals surface area contributed by atoms with Gasteiger partial charge in [0.15, 0.2) is 8.65 Å². The number of halogens is 8. The maximum absolute atomic E-state index is 13.7. The van der Waals surface area contributed by atoms with E-state index >= 15 is 0 Å². The molecule has 0 saturated carbocycles. The summed E-state index contributed by atoms with van der Waals surface area (Å²) < 4.78 is 0.991. The van der Waals surface area contributed by atoms with Crippen molar-refractivity contribution in [2.24, 2.45) is 20.0 Å². The zero-order valence-electron chi connectivity index (χ0n) is 57.7. The van der Waals surface area contributed by atoms with E-state index in [0.29, 0.717) is 54.3 Å². The first-order chi connectivity index (χ1) is 53.5. The van der Waals surface area contributed by atoms with Crippen LogP contribution < -0.4 is 32.0 Å². The quantitative estimate of drug-likeness (QED) is 0.0742. The normalized spacial score (nSPS) is 24.7. The van der Waals surface area contributed by atoms with Crippen molar-refractivity contribution in [3.05, 3.63) is 418 Å². The number of hydrogen-bond donors (Lipinski definition) is 6. The number of fused-ring (bicyclic) bond motifs is 12. The van der Waals surface area contributed by atoms with Crippen LogP contribution in [0.3, 0.4) is 0 Å². The number of carbonyl (C=O) groups is 2. The maximum Gasteiger partial charge on any atom is 0.328 e. The van der Waals surface area contributed by atoms with Crippen LogP contribution in [-0.2, 0) is 26.4 Å². The Morgan fingerprint density at radius 1 is 0.297 bits per heavy atom. The number of carboxylic acid groups (broad SMARTS) is 2. The molecule has 12 nitrogen and oxygen atoms in total. The number of hydrogen-bond acceptors (Lipinski definition) is 8. The van der Waals surface area contributed by atoms with Gasteiger partial charge in [-0.15, -0.1) is 0 Å². The molecule has 21 heteroatoms. The number of benzene rings is 8. The van der Waals surface area contributed by atoms with E-state index in [0.717, 1.165) is 140 Å². The minimum absolute atomic E-state index is 0. The van der Waals surface area contributed by atoms with Gasteiger partial charge in [0.25, 0.3) is 0 Å². The van der Waals surface area contributed by atoms with Crippen LogP contribution in [0, 0.1) is 0 Å². The van der Waals surface area contributed by atoms with Crippen molar-refractivity contribution in [1.82, 2.24) is 20.6 Å². The summed E-state index contributed by atoms with van der Waals surface area (Å²) >= 11 is 31.1.